The van der Waals surface area contributed by atoms with Crippen LogP contribution < -0.4 is 0 Å². The third-order valence-corrected chi connectivity index (χ3v) is 6.12. The van der Waals surface area contributed by atoms with Gasteiger partial charge in [0, 0.05) is 61.8 Å². The molecule has 5 rings (SSSR count). The minimum absolute atomic E-state index is 0.00186. The maximum atomic E-state index is 13.5. The summed E-state index contributed by atoms with van der Waals surface area (Å²) in [7, 11) is 0. The number of hydrogen-bond donors (Lipinski definition) is 1. The first-order chi connectivity index (χ1) is 16.7. The van der Waals surface area contributed by atoms with Crippen molar-refractivity contribution in [2.24, 2.45) is 5.92 Å². The molecule has 1 N–H and O–H groups in total. The highest BCUT2D eigenvalue weighted by Crippen LogP contribution is 2.25. The molecular formula is C26H25FN6O. The van der Waals surface area contributed by atoms with Crippen LogP contribution in [0.25, 0.3) is 11.5 Å². The van der Waals surface area contributed by atoms with Crippen molar-refractivity contribution in [3.05, 3.63) is 95.7 Å². The molecule has 1 fully saturated rings. The zero-order valence-electron chi connectivity index (χ0n) is 18.7. The van der Waals surface area contributed by atoms with E-state index >= 15 is 0 Å². The van der Waals surface area contributed by atoms with Crippen molar-refractivity contribution in [3.63, 3.8) is 0 Å². The number of pyridine rings is 1. The van der Waals surface area contributed by atoms with E-state index in [0.29, 0.717) is 24.4 Å². The van der Waals surface area contributed by atoms with Gasteiger partial charge in [0.1, 0.15) is 11.5 Å². The normalized spacial score (nSPS) is 15.9. The molecule has 7 nitrogen and oxygen atoms in total. The Morgan fingerprint density at radius 1 is 1.06 bits per heavy atom. The average Bonchev–Trinajstić information content (AvgIpc) is 3.39. The number of likely N-dealkylation sites (tertiary alicyclic amines) is 1. The van der Waals surface area contributed by atoms with Gasteiger partial charge in [-0.05, 0) is 55.0 Å². The van der Waals surface area contributed by atoms with Crippen LogP contribution in [0.2, 0.25) is 0 Å². The fourth-order valence-corrected chi connectivity index (χ4v) is 4.54. The molecule has 1 aromatic carbocycles. The first-order valence-corrected chi connectivity index (χ1v) is 11.4. The first kappa shape index (κ1) is 21.9. The van der Waals surface area contributed by atoms with E-state index in [1.54, 1.807) is 43.1 Å². The van der Waals surface area contributed by atoms with Crippen LogP contribution >= 0.6 is 0 Å². The Morgan fingerprint density at radius 3 is 2.82 bits per heavy atom. The summed E-state index contributed by atoms with van der Waals surface area (Å²) in [5.41, 5.74) is 3.82. The number of carbonyl (C=O) groups excluding carboxylic acids is 1. The van der Waals surface area contributed by atoms with Crippen LogP contribution in [0.5, 0.6) is 0 Å². The van der Waals surface area contributed by atoms with E-state index in [1.165, 1.54) is 12.1 Å². The second-order valence-electron chi connectivity index (χ2n) is 8.60. The number of nitrogens with one attached hydrogen (secondary N) is 1. The molecule has 1 saturated heterocycles. The highest BCUT2D eigenvalue weighted by atomic mass is 19.1. The number of H-pyrrole nitrogens is 1. The van der Waals surface area contributed by atoms with E-state index in [9.17, 15) is 9.18 Å². The van der Waals surface area contributed by atoms with E-state index < -0.39 is 0 Å². The number of halogens is 1. The van der Waals surface area contributed by atoms with E-state index in [4.69, 9.17) is 0 Å². The highest BCUT2D eigenvalue weighted by Gasteiger charge is 2.26. The molecule has 0 radical (unpaired) electrons. The molecule has 4 aromatic rings. The predicted octanol–water partition coefficient (Wildman–Crippen LogP) is 4.09. The zero-order chi connectivity index (χ0) is 23.3. The topological polar surface area (TPSA) is 87.7 Å². The lowest BCUT2D eigenvalue weighted by atomic mass is 9.92. The van der Waals surface area contributed by atoms with E-state index in [-0.39, 0.29) is 17.6 Å². The lowest BCUT2D eigenvalue weighted by Gasteiger charge is -2.33. The maximum Gasteiger partial charge on any atom is 0.253 e. The van der Waals surface area contributed by atoms with Gasteiger partial charge in [-0.1, -0.05) is 12.1 Å². The minimum Gasteiger partial charge on any atom is -0.343 e. The lowest BCUT2D eigenvalue weighted by molar-refractivity contribution is 0.0672. The quantitative estimate of drug-likeness (QED) is 0.472. The van der Waals surface area contributed by atoms with Crippen LogP contribution in [0.1, 0.15) is 40.2 Å². The number of imidazole rings is 1. The van der Waals surface area contributed by atoms with Gasteiger partial charge in [-0.25, -0.2) is 14.4 Å². The number of aromatic amines is 1. The Balaban J connectivity index is 1.28. The van der Waals surface area contributed by atoms with Crippen LogP contribution in [-0.4, -0.2) is 48.8 Å². The number of carbonyl (C=O) groups is 1. The number of piperidine rings is 1. The summed E-state index contributed by atoms with van der Waals surface area (Å²) in [6.07, 6.45) is 11.7. The van der Waals surface area contributed by atoms with Crippen molar-refractivity contribution >= 4 is 5.91 Å². The lowest BCUT2D eigenvalue weighted by Crippen LogP contribution is -2.40. The fourth-order valence-electron chi connectivity index (χ4n) is 4.54. The van der Waals surface area contributed by atoms with Gasteiger partial charge < -0.3 is 9.88 Å². The van der Waals surface area contributed by atoms with E-state index in [0.717, 1.165) is 48.5 Å². The van der Waals surface area contributed by atoms with Crippen LogP contribution in [0.3, 0.4) is 0 Å². The standard InChI is InChI=1S/C26H25FN6O/c27-21-5-1-3-18(13-21)14-22-16-20(6-7-28-22)26(34)33-12-2-4-19(17-33)15-23-24(30-9-8-29-23)25-31-10-11-32-25/h1,3,5-11,13,16,19H,2,4,12,14-15,17H2,(H,31,32)/t19-/m0/s1. The Hall–Kier alpha value is -3.94. The van der Waals surface area contributed by atoms with Crippen molar-refractivity contribution in [2.45, 2.75) is 25.7 Å². The minimum atomic E-state index is -0.276. The smallest absolute Gasteiger partial charge is 0.253 e. The van der Waals surface area contributed by atoms with E-state index in [2.05, 4.69) is 24.9 Å². The zero-order valence-corrected chi connectivity index (χ0v) is 18.7. The summed E-state index contributed by atoms with van der Waals surface area (Å²) in [6.45, 7) is 1.39. The number of hydrogen-bond acceptors (Lipinski definition) is 5. The summed E-state index contributed by atoms with van der Waals surface area (Å²) in [6, 6.07) is 10.0. The van der Waals surface area contributed by atoms with Gasteiger partial charge in [0.2, 0.25) is 0 Å². The Bertz CT molecular complexity index is 1280. The number of benzene rings is 1. The molecule has 4 heterocycles. The third-order valence-electron chi connectivity index (χ3n) is 6.12. The van der Waals surface area contributed by atoms with Gasteiger partial charge in [0.05, 0.1) is 5.69 Å². The van der Waals surface area contributed by atoms with Gasteiger partial charge in [-0.3, -0.25) is 14.8 Å². The Morgan fingerprint density at radius 2 is 1.97 bits per heavy atom. The Labute approximate surface area is 197 Å². The molecule has 3 aromatic heterocycles. The number of amides is 1. The summed E-state index contributed by atoms with van der Waals surface area (Å²) >= 11 is 0. The molecule has 0 aliphatic carbocycles. The number of aromatic nitrogens is 5. The van der Waals surface area contributed by atoms with Gasteiger partial charge >= 0.3 is 0 Å². The second-order valence-corrected chi connectivity index (χ2v) is 8.60. The van der Waals surface area contributed by atoms with Crippen molar-refractivity contribution in [1.82, 2.24) is 29.8 Å². The maximum absolute atomic E-state index is 13.5. The molecule has 0 saturated carbocycles. The van der Waals surface area contributed by atoms with Crippen LogP contribution in [0.4, 0.5) is 4.39 Å². The van der Waals surface area contributed by atoms with Crippen molar-refractivity contribution in [3.8, 4) is 11.5 Å². The van der Waals surface area contributed by atoms with E-state index in [1.807, 2.05) is 17.0 Å². The van der Waals surface area contributed by atoms with Crippen molar-refractivity contribution < 1.29 is 9.18 Å². The van der Waals surface area contributed by atoms with Crippen molar-refractivity contribution in [2.75, 3.05) is 13.1 Å². The molecule has 1 atom stereocenters. The number of rotatable bonds is 6. The summed E-state index contributed by atoms with van der Waals surface area (Å²) < 4.78 is 13.5. The largest absolute Gasteiger partial charge is 0.343 e. The molecule has 172 valence electrons. The molecule has 1 aliphatic heterocycles. The first-order valence-electron chi connectivity index (χ1n) is 11.4. The molecule has 0 unspecified atom stereocenters. The third kappa shape index (κ3) is 5.01. The number of nitrogens with zero attached hydrogens (tertiary/aromatic N) is 5. The highest BCUT2D eigenvalue weighted by molar-refractivity contribution is 5.94. The Kier molecular flexibility index (Phi) is 6.38. The molecule has 8 heteroatoms. The second kappa shape index (κ2) is 9.91. The summed E-state index contributed by atoms with van der Waals surface area (Å²) in [4.78, 5) is 36.0. The van der Waals surface area contributed by atoms with Crippen molar-refractivity contribution in [1.29, 1.82) is 0 Å². The van der Waals surface area contributed by atoms with Crippen LogP contribution in [0.15, 0.2) is 67.4 Å². The molecule has 34 heavy (non-hydrogen) atoms. The summed E-state index contributed by atoms with van der Waals surface area (Å²) in [5.74, 6) is 0.714. The average molecular weight is 457 g/mol. The molecule has 1 amide bonds. The van der Waals surface area contributed by atoms with Gasteiger partial charge in [0.15, 0.2) is 5.82 Å². The monoisotopic (exact) mass is 456 g/mol. The van der Waals surface area contributed by atoms with Crippen LogP contribution in [-0.2, 0) is 12.8 Å². The molecule has 1 aliphatic rings. The van der Waals surface area contributed by atoms with Crippen LogP contribution in [0, 0.1) is 11.7 Å². The summed E-state index contributed by atoms with van der Waals surface area (Å²) in [5, 5.41) is 0. The molecule has 0 spiro atoms. The predicted molar refractivity (Wildman–Crippen MR) is 125 cm³/mol. The fraction of sp³-hybridized carbons (Fsp3) is 0.269. The van der Waals surface area contributed by atoms with Gasteiger partial charge in [-0.15, -0.1) is 0 Å². The van der Waals surface area contributed by atoms with Gasteiger partial charge in [0.25, 0.3) is 5.91 Å². The van der Waals surface area contributed by atoms with Gasteiger partial charge in [-0.2, -0.15) is 0 Å². The molecular weight excluding hydrogens is 431 g/mol. The SMILES string of the molecule is O=C(c1ccnc(Cc2cccc(F)c2)c1)N1CCC[C@@H](Cc2nccnc2-c2ncc[nH]2)C1. The molecule has 0 bridgehead atoms.